The molecule has 1 rings (SSSR count). The van der Waals surface area contributed by atoms with Crippen molar-refractivity contribution in [1.82, 2.24) is 9.97 Å². The van der Waals surface area contributed by atoms with Crippen molar-refractivity contribution < 1.29 is 18.8 Å². The number of methoxy groups -OCH3 is 1. The second-order valence-electron chi connectivity index (χ2n) is 5.57. The topological polar surface area (TPSA) is 90.4 Å². The fourth-order valence-electron chi connectivity index (χ4n) is 1.27. The first-order chi connectivity index (χ1) is 9.03. The summed E-state index contributed by atoms with van der Waals surface area (Å²) in [5.74, 6) is 0.143. The molecule has 1 aromatic rings. The van der Waals surface area contributed by atoms with Gasteiger partial charge in [-0.15, -0.1) is 0 Å². The van der Waals surface area contributed by atoms with Crippen molar-refractivity contribution in [3.05, 3.63) is 6.20 Å². The molecule has 0 aliphatic rings. The maximum atomic E-state index is 11.9. The normalized spacial score (nSPS) is 11.9. The van der Waals surface area contributed by atoms with Gasteiger partial charge < -0.3 is 14.0 Å². The maximum absolute atomic E-state index is 11.9. The lowest BCUT2D eigenvalue weighted by molar-refractivity contribution is 0.0635. The Morgan fingerprint density at radius 1 is 1.35 bits per heavy atom. The molecule has 7 nitrogen and oxygen atoms in total. The third kappa shape index (κ3) is 4.81. The van der Waals surface area contributed by atoms with Crippen molar-refractivity contribution >= 4 is 24.5 Å². The van der Waals surface area contributed by atoms with Crippen molar-refractivity contribution in [2.45, 2.75) is 26.4 Å². The van der Waals surface area contributed by atoms with Crippen LogP contribution < -0.4 is 15.6 Å². The molecule has 112 valence electrons. The summed E-state index contributed by atoms with van der Waals surface area (Å²) in [5.41, 5.74) is -0.149. The predicted octanol–water partition coefficient (Wildman–Crippen LogP) is 2.08. The van der Waals surface area contributed by atoms with Gasteiger partial charge in [0.25, 0.3) is 0 Å². The molecule has 0 saturated heterocycles. The van der Waals surface area contributed by atoms with Gasteiger partial charge in [0, 0.05) is 0 Å². The molecule has 1 N–H and O–H groups in total. The standard InChI is InChI=1S/C12H20N3O4P/c1-12(2,3)19-11(16)14-8-7-13-10(20(5,6)17)15-9(8)18-4/h7H,1-6H3,(H,14,16). The minimum absolute atomic E-state index is 0.143. The van der Waals surface area contributed by atoms with E-state index in [9.17, 15) is 9.36 Å². The van der Waals surface area contributed by atoms with Crippen molar-refractivity contribution in [1.29, 1.82) is 0 Å². The summed E-state index contributed by atoms with van der Waals surface area (Å²) in [6, 6.07) is 0. The SMILES string of the molecule is COc1nc(P(C)(C)=O)ncc1NC(=O)OC(C)(C)C. The van der Waals surface area contributed by atoms with E-state index >= 15 is 0 Å². The molecule has 0 fully saturated rings. The first-order valence-corrected chi connectivity index (χ1v) is 8.59. The zero-order valence-corrected chi connectivity index (χ0v) is 13.4. The molecule has 0 radical (unpaired) electrons. The maximum Gasteiger partial charge on any atom is 0.412 e. The number of hydrogen-bond donors (Lipinski definition) is 1. The number of carbonyl (C=O) groups is 1. The van der Waals surface area contributed by atoms with Gasteiger partial charge in [-0.05, 0) is 34.1 Å². The number of anilines is 1. The highest BCUT2D eigenvalue weighted by molar-refractivity contribution is 7.69. The van der Waals surface area contributed by atoms with Crippen LogP contribution in [0.3, 0.4) is 0 Å². The van der Waals surface area contributed by atoms with Crippen molar-refractivity contribution in [3.63, 3.8) is 0 Å². The number of nitrogens with zero attached hydrogens (tertiary/aromatic N) is 2. The lowest BCUT2D eigenvalue weighted by atomic mass is 10.2. The molecule has 0 unspecified atom stereocenters. The third-order valence-corrected chi connectivity index (χ3v) is 3.23. The van der Waals surface area contributed by atoms with Gasteiger partial charge in [0.15, 0.2) is 5.57 Å². The van der Waals surface area contributed by atoms with Crippen LogP contribution in [-0.4, -0.2) is 42.1 Å². The van der Waals surface area contributed by atoms with Crippen LogP contribution in [0.4, 0.5) is 10.5 Å². The van der Waals surface area contributed by atoms with E-state index in [1.54, 1.807) is 34.1 Å². The Morgan fingerprint density at radius 3 is 2.40 bits per heavy atom. The number of aromatic nitrogens is 2. The van der Waals surface area contributed by atoms with Crippen molar-refractivity contribution in [2.24, 2.45) is 0 Å². The van der Waals surface area contributed by atoms with Crippen molar-refractivity contribution in [3.8, 4) is 5.88 Å². The van der Waals surface area contributed by atoms with E-state index in [0.29, 0.717) is 0 Å². The number of carbonyl (C=O) groups excluding carboxylic acids is 1. The summed E-state index contributed by atoms with van der Waals surface area (Å²) in [4.78, 5) is 19.7. The third-order valence-electron chi connectivity index (χ3n) is 2.05. The van der Waals surface area contributed by atoms with Gasteiger partial charge in [-0.3, -0.25) is 5.32 Å². The largest absolute Gasteiger partial charge is 0.479 e. The minimum atomic E-state index is -2.59. The van der Waals surface area contributed by atoms with Crippen LogP contribution >= 0.6 is 7.14 Å². The molecule has 8 heteroatoms. The number of rotatable bonds is 3. The fourth-order valence-corrected chi connectivity index (χ4v) is 1.94. The summed E-state index contributed by atoms with van der Waals surface area (Å²) in [7, 11) is -1.19. The Labute approximate surface area is 118 Å². The van der Waals surface area contributed by atoms with Gasteiger partial charge in [0.1, 0.15) is 18.4 Å². The van der Waals surface area contributed by atoms with Crippen LogP contribution in [-0.2, 0) is 9.30 Å². The summed E-state index contributed by atoms with van der Waals surface area (Å²) in [5, 5.41) is 2.50. The Bertz CT molecular complexity index is 548. The van der Waals surface area contributed by atoms with Gasteiger partial charge in [0.2, 0.25) is 5.88 Å². The average molecular weight is 301 g/mol. The highest BCUT2D eigenvalue weighted by Gasteiger charge is 2.21. The van der Waals surface area contributed by atoms with Gasteiger partial charge >= 0.3 is 6.09 Å². The van der Waals surface area contributed by atoms with E-state index in [-0.39, 0.29) is 17.1 Å². The first kappa shape index (κ1) is 16.4. The van der Waals surface area contributed by atoms with Crippen LogP contribution in [0.15, 0.2) is 6.20 Å². The molecule has 0 bridgehead atoms. The van der Waals surface area contributed by atoms with Gasteiger partial charge in [-0.2, -0.15) is 4.98 Å². The summed E-state index contributed by atoms with van der Waals surface area (Å²) in [6.45, 7) is 8.39. The molecule has 0 aliphatic carbocycles. The van der Waals surface area contributed by atoms with Crippen molar-refractivity contribution in [2.75, 3.05) is 25.8 Å². The number of ether oxygens (including phenoxy) is 2. The molecule has 0 spiro atoms. The monoisotopic (exact) mass is 301 g/mol. The van der Waals surface area contributed by atoms with Crippen LogP contribution in [0, 0.1) is 0 Å². The summed E-state index contributed by atoms with van der Waals surface area (Å²) < 4.78 is 22.1. The zero-order valence-electron chi connectivity index (χ0n) is 12.6. The number of nitrogens with one attached hydrogen (secondary N) is 1. The Morgan fingerprint density at radius 2 is 1.95 bits per heavy atom. The molecule has 1 amide bonds. The van der Waals surface area contributed by atoms with E-state index in [4.69, 9.17) is 9.47 Å². The van der Waals surface area contributed by atoms with Crippen LogP contribution in [0.2, 0.25) is 0 Å². The fraction of sp³-hybridized carbons (Fsp3) is 0.583. The molecule has 1 aromatic heterocycles. The second kappa shape index (κ2) is 5.79. The van der Waals surface area contributed by atoms with Crippen LogP contribution in [0.25, 0.3) is 0 Å². The Hall–Kier alpha value is -1.62. The van der Waals surface area contributed by atoms with E-state index < -0.39 is 18.8 Å². The van der Waals surface area contributed by atoms with Gasteiger partial charge in [-0.25, -0.2) is 9.78 Å². The Balaban J connectivity index is 2.97. The van der Waals surface area contributed by atoms with Gasteiger partial charge in [0.05, 0.1) is 13.3 Å². The molecule has 1 heterocycles. The highest BCUT2D eigenvalue weighted by atomic mass is 31.2. The summed E-state index contributed by atoms with van der Waals surface area (Å²) in [6.07, 6.45) is 0.716. The molecule has 0 aliphatic heterocycles. The van der Waals surface area contributed by atoms with E-state index in [1.807, 2.05) is 0 Å². The first-order valence-electron chi connectivity index (χ1n) is 5.99. The van der Waals surface area contributed by atoms with E-state index in [1.165, 1.54) is 13.3 Å². The quantitative estimate of drug-likeness (QED) is 0.860. The predicted molar refractivity (Wildman–Crippen MR) is 77.5 cm³/mol. The molecule has 0 saturated carbocycles. The smallest absolute Gasteiger partial charge is 0.412 e. The molecule has 0 aromatic carbocycles. The number of hydrogen-bond acceptors (Lipinski definition) is 6. The zero-order chi connectivity index (χ0) is 15.6. The molecular weight excluding hydrogens is 281 g/mol. The highest BCUT2D eigenvalue weighted by Crippen LogP contribution is 2.34. The molecular formula is C12H20N3O4P. The van der Waals surface area contributed by atoms with E-state index in [2.05, 4.69) is 15.3 Å². The average Bonchev–Trinajstić information content (AvgIpc) is 2.25. The minimum Gasteiger partial charge on any atom is -0.479 e. The van der Waals surface area contributed by atoms with Gasteiger partial charge in [-0.1, -0.05) is 0 Å². The lowest BCUT2D eigenvalue weighted by Gasteiger charge is -2.20. The molecule has 20 heavy (non-hydrogen) atoms. The lowest BCUT2D eigenvalue weighted by Crippen LogP contribution is -2.28. The Kier molecular flexibility index (Phi) is 4.76. The van der Waals surface area contributed by atoms with E-state index in [0.717, 1.165) is 0 Å². The molecule has 0 atom stereocenters. The summed E-state index contributed by atoms with van der Waals surface area (Å²) >= 11 is 0. The van der Waals surface area contributed by atoms with Crippen LogP contribution in [0.1, 0.15) is 20.8 Å². The number of amides is 1. The van der Waals surface area contributed by atoms with Crippen LogP contribution in [0.5, 0.6) is 5.88 Å². The second-order valence-corrected chi connectivity index (χ2v) is 8.67.